The smallest absolute Gasteiger partial charge is 0.427 e. The average Bonchev–Trinajstić information content (AvgIpc) is 2.74. The normalized spacial score (nSPS) is 11.2. The lowest BCUT2D eigenvalue weighted by Gasteiger charge is -2.19. The van der Waals surface area contributed by atoms with Crippen LogP contribution in [0.3, 0.4) is 0 Å². The highest BCUT2D eigenvalue weighted by atomic mass is 16.6. The number of rotatable bonds is 4. The zero-order chi connectivity index (χ0) is 17.9. The lowest BCUT2D eigenvalue weighted by atomic mass is 10.2. The minimum absolute atomic E-state index is 0.236. The van der Waals surface area contributed by atoms with Crippen LogP contribution in [0.5, 0.6) is 11.6 Å². The summed E-state index contributed by atoms with van der Waals surface area (Å²) in [6.07, 6.45) is 0.409. The number of amides is 1. The molecule has 0 saturated heterocycles. The summed E-state index contributed by atoms with van der Waals surface area (Å²) >= 11 is 0. The highest BCUT2D eigenvalue weighted by molar-refractivity contribution is 5.76. The standard InChI is InChI=1S/C16H21N3O5/c1-16(2,3)24-14(21)17-19-13(20)10-18(15(19)22)9-11-5-7-12(23-4)8-6-11/h5-8,10,20H,9H2,1-4H3,(H,17,21). The van der Waals surface area contributed by atoms with Crippen molar-refractivity contribution in [2.24, 2.45) is 0 Å². The van der Waals surface area contributed by atoms with Gasteiger partial charge < -0.3 is 14.6 Å². The molecular weight excluding hydrogens is 314 g/mol. The van der Waals surface area contributed by atoms with Crippen LogP contribution < -0.4 is 15.9 Å². The van der Waals surface area contributed by atoms with Gasteiger partial charge in [-0.3, -0.25) is 4.57 Å². The van der Waals surface area contributed by atoms with Crippen LogP contribution in [-0.2, 0) is 11.3 Å². The number of hydrogen-bond donors (Lipinski definition) is 2. The zero-order valence-corrected chi connectivity index (χ0v) is 14.1. The third-order valence-corrected chi connectivity index (χ3v) is 3.05. The van der Waals surface area contributed by atoms with Crippen LogP contribution in [0.15, 0.2) is 35.3 Å². The Morgan fingerprint density at radius 1 is 1.25 bits per heavy atom. The molecule has 1 heterocycles. The van der Waals surface area contributed by atoms with Gasteiger partial charge >= 0.3 is 11.8 Å². The highest BCUT2D eigenvalue weighted by Gasteiger charge is 2.19. The predicted molar refractivity (Wildman–Crippen MR) is 88.0 cm³/mol. The molecule has 0 aliphatic carbocycles. The first-order valence-corrected chi connectivity index (χ1v) is 7.33. The summed E-state index contributed by atoms with van der Waals surface area (Å²) in [5.74, 6) is 0.317. The van der Waals surface area contributed by atoms with E-state index in [0.717, 1.165) is 10.2 Å². The molecule has 0 atom stereocenters. The number of ether oxygens (including phenoxy) is 2. The van der Waals surface area contributed by atoms with Gasteiger partial charge in [-0.05, 0) is 38.5 Å². The van der Waals surface area contributed by atoms with Crippen LogP contribution >= 0.6 is 0 Å². The van der Waals surface area contributed by atoms with Gasteiger partial charge in [0.05, 0.1) is 19.9 Å². The van der Waals surface area contributed by atoms with Crippen molar-refractivity contribution in [2.45, 2.75) is 32.9 Å². The topological polar surface area (TPSA) is 94.7 Å². The zero-order valence-electron chi connectivity index (χ0n) is 14.1. The Kier molecular flexibility index (Phi) is 4.87. The molecule has 0 bridgehead atoms. The van der Waals surface area contributed by atoms with Crippen LogP contribution in [0.25, 0.3) is 0 Å². The van der Waals surface area contributed by atoms with Gasteiger partial charge in [-0.25, -0.2) is 15.0 Å². The van der Waals surface area contributed by atoms with Crippen molar-refractivity contribution >= 4 is 6.09 Å². The SMILES string of the molecule is COc1ccc(Cn2cc(O)n(NC(=O)OC(C)(C)C)c2=O)cc1. The Bertz CT molecular complexity index is 768. The van der Waals surface area contributed by atoms with Crippen LogP contribution in [0.2, 0.25) is 0 Å². The molecule has 8 heteroatoms. The molecule has 2 N–H and O–H groups in total. The van der Waals surface area contributed by atoms with Crippen molar-refractivity contribution in [2.75, 3.05) is 12.5 Å². The van der Waals surface area contributed by atoms with E-state index in [1.54, 1.807) is 52.1 Å². The Balaban J connectivity index is 2.16. The molecular formula is C16H21N3O5. The first kappa shape index (κ1) is 17.5. The van der Waals surface area contributed by atoms with E-state index in [2.05, 4.69) is 5.43 Å². The average molecular weight is 335 g/mol. The fourth-order valence-corrected chi connectivity index (χ4v) is 2.02. The summed E-state index contributed by atoms with van der Waals surface area (Å²) in [6.45, 7) is 5.33. The summed E-state index contributed by atoms with van der Waals surface area (Å²) in [5.41, 5.74) is 1.75. The lowest BCUT2D eigenvalue weighted by molar-refractivity contribution is 0.0609. The largest absolute Gasteiger partial charge is 0.497 e. The number of benzene rings is 1. The van der Waals surface area contributed by atoms with Crippen molar-refractivity contribution < 1.29 is 19.4 Å². The number of methoxy groups -OCH3 is 1. The first-order valence-electron chi connectivity index (χ1n) is 7.33. The lowest BCUT2D eigenvalue weighted by Crippen LogP contribution is -2.37. The Hall–Kier alpha value is -2.90. The maximum atomic E-state index is 12.3. The Morgan fingerprint density at radius 2 is 1.88 bits per heavy atom. The maximum Gasteiger partial charge on any atom is 0.427 e. The molecule has 1 aromatic carbocycles. The number of aromatic nitrogens is 2. The van der Waals surface area contributed by atoms with E-state index in [-0.39, 0.29) is 12.4 Å². The second kappa shape index (κ2) is 6.69. The van der Waals surface area contributed by atoms with E-state index in [4.69, 9.17) is 9.47 Å². The fourth-order valence-electron chi connectivity index (χ4n) is 2.02. The van der Waals surface area contributed by atoms with Gasteiger partial charge in [-0.2, -0.15) is 4.68 Å². The van der Waals surface area contributed by atoms with E-state index in [9.17, 15) is 14.7 Å². The molecule has 130 valence electrons. The van der Waals surface area contributed by atoms with Crippen molar-refractivity contribution in [1.82, 2.24) is 9.24 Å². The summed E-state index contributed by atoms with van der Waals surface area (Å²) in [5, 5.41) is 9.87. The quantitative estimate of drug-likeness (QED) is 0.890. The predicted octanol–water partition coefficient (Wildman–Crippen LogP) is 1.89. The van der Waals surface area contributed by atoms with Gasteiger partial charge in [-0.15, -0.1) is 0 Å². The monoisotopic (exact) mass is 335 g/mol. The van der Waals surface area contributed by atoms with Crippen molar-refractivity contribution in [3.05, 3.63) is 46.5 Å². The number of aromatic hydroxyl groups is 1. The van der Waals surface area contributed by atoms with E-state index in [0.29, 0.717) is 5.75 Å². The molecule has 0 saturated carbocycles. The van der Waals surface area contributed by atoms with E-state index in [1.807, 2.05) is 0 Å². The molecule has 24 heavy (non-hydrogen) atoms. The number of carbonyl (C=O) groups is 1. The van der Waals surface area contributed by atoms with Crippen LogP contribution in [-0.4, -0.2) is 33.2 Å². The van der Waals surface area contributed by atoms with Crippen molar-refractivity contribution in [3.63, 3.8) is 0 Å². The highest BCUT2D eigenvalue weighted by Crippen LogP contribution is 2.13. The molecule has 0 aliphatic heterocycles. The number of carbonyl (C=O) groups excluding carboxylic acids is 1. The summed E-state index contributed by atoms with van der Waals surface area (Å²) in [7, 11) is 1.57. The maximum absolute atomic E-state index is 12.3. The number of nitrogens with zero attached hydrogens (tertiary/aromatic N) is 2. The molecule has 0 radical (unpaired) electrons. The molecule has 0 aliphatic rings. The number of nitrogens with one attached hydrogen (secondary N) is 1. The van der Waals surface area contributed by atoms with Gasteiger partial charge in [-0.1, -0.05) is 12.1 Å². The van der Waals surface area contributed by atoms with E-state index < -0.39 is 17.4 Å². The molecule has 8 nitrogen and oxygen atoms in total. The molecule has 0 unspecified atom stereocenters. The van der Waals surface area contributed by atoms with Gasteiger partial charge in [0.2, 0.25) is 5.88 Å². The molecule has 1 amide bonds. The Labute approximate surface area is 139 Å². The fraction of sp³-hybridized carbons (Fsp3) is 0.375. The summed E-state index contributed by atoms with van der Waals surface area (Å²) < 4.78 is 12.1. The van der Waals surface area contributed by atoms with Gasteiger partial charge in [0, 0.05) is 0 Å². The van der Waals surface area contributed by atoms with Crippen LogP contribution in [0.4, 0.5) is 4.79 Å². The van der Waals surface area contributed by atoms with Crippen LogP contribution in [0.1, 0.15) is 26.3 Å². The second-order valence-corrected chi connectivity index (χ2v) is 6.19. The summed E-state index contributed by atoms with van der Waals surface area (Å²) in [4.78, 5) is 24.0. The first-order chi connectivity index (χ1) is 11.2. The third-order valence-electron chi connectivity index (χ3n) is 3.05. The molecule has 2 rings (SSSR count). The van der Waals surface area contributed by atoms with Gasteiger partial charge in [0.15, 0.2) is 0 Å². The number of imidazole rings is 1. The van der Waals surface area contributed by atoms with Crippen LogP contribution in [0, 0.1) is 0 Å². The van der Waals surface area contributed by atoms with Gasteiger partial charge in [0.1, 0.15) is 11.4 Å². The molecule has 0 spiro atoms. The molecule has 1 aromatic heterocycles. The summed E-state index contributed by atoms with van der Waals surface area (Å²) in [6, 6.07) is 7.16. The Morgan fingerprint density at radius 3 is 2.42 bits per heavy atom. The van der Waals surface area contributed by atoms with Crippen molar-refractivity contribution in [1.29, 1.82) is 0 Å². The number of hydrogen-bond acceptors (Lipinski definition) is 5. The molecule has 2 aromatic rings. The molecule has 0 fully saturated rings. The van der Waals surface area contributed by atoms with Gasteiger partial charge in [0.25, 0.3) is 0 Å². The van der Waals surface area contributed by atoms with E-state index >= 15 is 0 Å². The second-order valence-electron chi connectivity index (χ2n) is 6.19. The third kappa shape index (κ3) is 4.31. The van der Waals surface area contributed by atoms with E-state index in [1.165, 1.54) is 10.8 Å². The minimum atomic E-state index is -0.831. The van der Waals surface area contributed by atoms with Crippen molar-refractivity contribution in [3.8, 4) is 11.6 Å². The minimum Gasteiger partial charge on any atom is -0.497 e.